The molecule has 7 heteroatoms. The topological polar surface area (TPSA) is 59.6 Å². The first-order chi connectivity index (χ1) is 10.2. The van der Waals surface area contributed by atoms with Gasteiger partial charge in [-0.2, -0.15) is 0 Å². The Balaban J connectivity index is 2.25. The highest BCUT2D eigenvalue weighted by atomic mass is 19.1. The van der Waals surface area contributed by atoms with Gasteiger partial charge in [0.25, 0.3) is 0 Å². The molecular formula is C15H22BFN2O3. The molecule has 1 heterocycles. The van der Waals surface area contributed by atoms with Gasteiger partial charge in [-0.05, 0) is 40.7 Å². The average Bonchev–Trinajstić information content (AvgIpc) is 2.61. The minimum absolute atomic E-state index is 0.0955. The van der Waals surface area contributed by atoms with Crippen molar-refractivity contribution in [3.05, 3.63) is 24.0 Å². The molecule has 1 aliphatic heterocycles. The number of nitrogens with one attached hydrogen (secondary N) is 2. The van der Waals surface area contributed by atoms with Gasteiger partial charge in [0.15, 0.2) is 0 Å². The van der Waals surface area contributed by atoms with Crippen molar-refractivity contribution in [2.75, 3.05) is 11.9 Å². The predicted molar refractivity (Wildman–Crippen MR) is 84.8 cm³/mol. The van der Waals surface area contributed by atoms with E-state index in [4.69, 9.17) is 9.31 Å². The van der Waals surface area contributed by atoms with Crippen molar-refractivity contribution in [1.29, 1.82) is 0 Å². The third-order valence-electron chi connectivity index (χ3n) is 4.12. The van der Waals surface area contributed by atoms with E-state index in [-0.39, 0.29) is 11.2 Å². The van der Waals surface area contributed by atoms with Gasteiger partial charge < -0.3 is 19.9 Å². The van der Waals surface area contributed by atoms with Crippen LogP contribution >= 0.6 is 0 Å². The van der Waals surface area contributed by atoms with Crippen molar-refractivity contribution in [2.24, 2.45) is 0 Å². The zero-order valence-corrected chi connectivity index (χ0v) is 13.6. The predicted octanol–water partition coefficient (Wildman–Crippen LogP) is 2.27. The van der Waals surface area contributed by atoms with Gasteiger partial charge in [-0.1, -0.05) is 12.1 Å². The zero-order valence-electron chi connectivity index (χ0n) is 13.6. The molecule has 0 aliphatic carbocycles. The van der Waals surface area contributed by atoms with Crippen LogP contribution in [-0.4, -0.2) is 30.9 Å². The van der Waals surface area contributed by atoms with Crippen LogP contribution in [0.3, 0.4) is 0 Å². The van der Waals surface area contributed by atoms with Gasteiger partial charge in [-0.15, -0.1) is 0 Å². The zero-order chi connectivity index (χ0) is 16.5. The van der Waals surface area contributed by atoms with Crippen LogP contribution in [0.2, 0.25) is 0 Å². The molecule has 0 saturated carbocycles. The maximum Gasteiger partial charge on any atom is 0.497 e. The van der Waals surface area contributed by atoms with Gasteiger partial charge in [0.05, 0.1) is 16.9 Å². The molecule has 5 nitrogen and oxygen atoms in total. The summed E-state index contributed by atoms with van der Waals surface area (Å²) in [5.41, 5.74) is -0.730. The van der Waals surface area contributed by atoms with E-state index in [9.17, 15) is 9.18 Å². The number of amides is 2. The quantitative estimate of drug-likeness (QED) is 0.842. The number of carbonyl (C=O) groups is 1. The molecule has 120 valence electrons. The Morgan fingerprint density at radius 1 is 1.23 bits per heavy atom. The summed E-state index contributed by atoms with van der Waals surface area (Å²) < 4.78 is 26.3. The molecule has 22 heavy (non-hydrogen) atoms. The SMILES string of the molecule is CCNC(=O)Nc1cccc(B2OC(C)(C)C(C)(C)O2)c1F. The maximum absolute atomic E-state index is 14.6. The Labute approximate surface area is 130 Å². The largest absolute Gasteiger partial charge is 0.497 e. The molecule has 0 atom stereocenters. The summed E-state index contributed by atoms with van der Waals surface area (Å²) in [6.07, 6.45) is 0. The molecule has 2 amide bonds. The number of benzene rings is 1. The lowest BCUT2D eigenvalue weighted by Crippen LogP contribution is -2.41. The summed E-state index contributed by atoms with van der Waals surface area (Å²) in [6, 6.07) is 4.30. The van der Waals surface area contributed by atoms with E-state index in [1.165, 1.54) is 6.07 Å². The van der Waals surface area contributed by atoms with Crippen molar-refractivity contribution in [1.82, 2.24) is 5.32 Å². The van der Waals surface area contributed by atoms with Crippen LogP contribution in [0.15, 0.2) is 18.2 Å². The highest BCUT2D eigenvalue weighted by Crippen LogP contribution is 2.36. The normalized spacial score (nSPS) is 19.1. The number of halogens is 1. The molecule has 2 rings (SSSR count). The molecule has 1 aromatic carbocycles. The summed E-state index contributed by atoms with van der Waals surface area (Å²) in [5, 5.41) is 5.04. The van der Waals surface area contributed by atoms with Crippen LogP contribution in [-0.2, 0) is 9.31 Å². The number of hydrogen-bond acceptors (Lipinski definition) is 3. The molecular weight excluding hydrogens is 286 g/mol. The van der Waals surface area contributed by atoms with Crippen LogP contribution in [0.25, 0.3) is 0 Å². The number of rotatable bonds is 3. The monoisotopic (exact) mass is 308 g/mol. The molecule has 0 bridgehead atoms. The summed E-state index contributed by atoms with van der Waals surface area (Å²) in [7, 11) is -0.805. The van der Waals surface area contributed by atoms with Gasteiger partial charge in [0.1, 0.15) is 5.82 Å². The fourth-order valence-electron chi connectivity index (χ4n) is 2.13. The molecule has 2 N–H and O–H groups in total. The molecule has 0 spiro atoms. The van der Waals surface area contributed by atoms with Crippen molar-refractivity contribution in [3.63, 3.8) is 0 Å². The van der Waals surface area contributed by atoms with Gasteiger partial charge in [0.2, 0.25) is 0 Å². The van der Waals surface area contributed by atoms with Crippen molar-refractivity contribution >= 4 is 24.3 Å². The maximum atomic E-state index is 14.6. The molecule has 0 unspecified atom stereocenters. The Morgan fingerprint density at radius 3 is 2.36 bits per heavy atom. The summed E-state index contributed by atoms with van der Waals surface area (Å²) in [4.78, 5) is 11.6. The fraction of sp³-hybridized carbons (Fsp3) is 0.533. The third kappa shape index (κ3) is 3.10. The number of anilines is 1. The highest BCUT2D eigenvalue weighted by Gasteiger charge is 2.52. The lowest BCUT2D eigenvalue weighted by Gasteiger charge is -2.32. The third-order valence-corrected chi connectivity index (χ3v) is 4.12. The lowest BCUT2D eigenvalue weighted by atomic mass is 9.78. The summed E-state index contributed by atoms with van der Waals surface area (Å²) in [5.74, 6) is -0.549. The number of carbonyl (C=O) groups excluding carboxylic acids is 1. The van der Waals surface area contributed by atoms with E-state index in [1.54, 1.807) is 19.1 Å². The molecule has 0 aromatic heterocycles. The molecule has 1 aromatic rings. The lowest BCUT2D eigenvalue weighted by molar-refractivity contribution is 0.00578. The molecule has 1 saturated heterocycles. The molecule has 1 fully saturated rings. The van der Waals surface area contributed by atoms with E-state index in [2.05, 4.69) is 10.6 Å². The summed E-state index contributed by atoms with van der Waals surface area (Å²) >= 11 is 0. The van der Waals surface area contributed by atoms with Gasteiger partial charge in [-0.3, -0.25) is 0 Å². The first kappa shape index (κ1) is 16.8. The van der Waals surface area contributed by atoms with Crippen LogP contribution < -0.4 is 16.1 Å². The second-order valence-electron chi connectivity index (χ2n) is 6.28. The van der Waals surface area contributed by atoms with Crippen LogP contribution in [0.4, 0.5) is 14.9 Å². The number of hydrogen-bond donors (Lipinski definition) is 2. The van der Waals surface area contributed by atoms with E-state index in [0.29, 0.717) is 6.54 Å². The van der Waals surface area contributed by atoms with E-state index < -0.39 is 30.2 Å². The number of urea groups is 1. The summed E-state index contributed by atoms with van der Waals surface area (Å²) in [6.45, 7) is 9.87. The first-order valence-corrected chi connectivity index (χ1v) is 7.37. The highest BCUT2D eigenvalue weighted by molar-refractivity contribution is 6.62. The van der Waals surface area contributed by atoms with Crippen LogP contribution in [0.1, 0.15) is 34.6 Å². The van der Waals surface area contributed by atoms with E-state index in [0.717, 1.165) is 0 Å². The van der Waals surface area contributed by atoms with Crippen LogP contribution in [0.5, 0.6) is 0 Å². The van der Waals surface area contributed by atoms with Crippen molar-refractivity contribution < 1.29 is 18.5 Å². The molecule has 0 radical (unpaired) electrons. The Morgan fingerprint density at radius 2 is 1.82 bits per heavy atom. The van der Waals surface area contributed by atoms with Gasteiger partial charge >= 0.3 is 13.1 Å². The Kier molecular flexibility index (Phi) is 4.49. The standard InChI is InChI=1S/C15H22BFN2O3/c1-6-18-13(20)19-11-9-7-8-10(12(11)17)16-21-14(2,3)15(4,5)22-16/h7-9H,6H2,1-5H3,(H2,18,19,20). The average molecular weight is 308 g/mol. The first-order valence-electron chi connectivity index (χ1n) is 7.37. The van der Waals surface area contributed by atoms with Gasteiger partial charge in [-0.25, -0.2) is 9.18 Å². The van der Waals surface area contributed by atoms with E-state index in [1.807, 2.05) is 27.7 Å². The van der Waals surface area contributed by atoms with Crippen molar-refractivity contribution in [3.8, 4) is 0 Å². The Hall–Kier alpha value is -1.60. The minimum Gasteiger partial charge on any atom is -0.399 e. The second kappa shape index (κ2) is 5.89. The van der Waals surface area contributed by atoms with Crippen molar-refractivity contribution in [2.45, 2.75) is 45.8 Å². The molecule has 1 aliphatic rings. The van der Waals surface area contributed by atoms with E-state index >= 15 is 0 Å². The smallest absolute Gasteiger partial charge is 0.399 e. The minimum atomic E-state index is -0.805. The van der Waals surface area contributed by atoms with Crippen LogP contribution in [0, 0.1) is 5.82 Å². The second-order valence-corrected chi connectivity index (χ2v) is 6.28. The Bertz CT molecular complexity index is 562. The van der Waals surface area contributed by atoms with Gasteiger partial charge in [0, 0.05) is 12.0 Å². The fourth-order valence-corrected chi connectivity index (χ4v) is 2.13.